The molecular formula is C14H19NO2. The van der Waals surface area contributed by atoms with Gasteiger partial charge in [-0.15, -0.1) is 0 Å². The van der Waals surface area contributed by atoms with Crippen molar-refractivity contribution in [3.63, 3.8) is 0 Å². The molecule has 92 valence electrons. The van der Waals surface area contributed by atoms with E-state index in [1.807, 2.05) is 24.3 Å². The van der Waals surface area contributed by atoms with Crippen molar-refractivity contribution in [3.8, 4) is 0 Å². The zero-order valence-electron chi connectivity index (χ0n) is 10.4. The van der Waals surface area contributed by atoms with Gasteiger partial charge in [0.15, 0.2) is 5.78 Å². The SMILES string of the molecule is CC(=O)c1ccc(N2CCC(C)C2CO)cc1. The fraction of sp³-hybridized carbons (Fsp3) is 0.500. The lowest BCUT2D eigenvalue weighted by atomic mass is 10.0. The summed E-state index contributed by atoms with van der Waals surface area (Å²) in [6.45, 7) is 4.91. The maximum atomic E-state index is 11.2. The Kier molecular flexibility index (Phi) is 3.48. The molecule has 0 saturated carbocycles. The number of hydrogen-bond donors (Lipinski definition) is 1. The number of anilines is 1. The Morgan fingerprint density at radius 2 is 2.06 bits per heavy atom. The first-order valence-corrected chi connectivity index (χ1v) is 6.12. The maximum absolute atomic E-state index is 11.2. The summed E-state index contributed by atoms with van der Waals surface area (Å²) in [5, 5.41) is 9.42. The van der Waals surface area contributed by atoms with Crippen LogP contribution in [0.15, 0.2) is 24.3 Å². The summed E-state index contributed by atoms with van der Waals surface area (Å²) >= 11 is 0. The van der Waals surface area contributed by atoms with Crippen LogP contribution in [0.5, 0.6) is 0 Å². The molecule has 0 radical (unpaired) electrons. The minimum atomic E-state index is 0.0880. The Morgan fingerprint density at radius 3 is 2.59 bits per heavy atom. The van der Waals surface area contributed by atoms with Gasteiger partial charge in [-0.05, 0) is 43.5 Å². The predicted octanol–water partition coefficient (Wildman–Crippen LogP) is 2.10. The molecule has 1 saturated heterocycles. The van der Waals surface area contributed by atoms with E-state index in [4.69, 9.17) is 0 Å². The molecule has 1 aliphatic heterocycles. The van der Waals surface area contributed by atoms with Gasteiger partial charge < -0.3 is 10.0 Å². The average molecular weight is 233 g/mol. The van der Waals surface area contributed by atoms with Crippen LogP contribution in [0, 0.1) is 5.92 Å². The van der Waals surface area contributed by atoms with Crippen LogP contribution < -0.4 is 4.90 Å². The van der Waals surface area contributed by atoms with Crippen molar-refractivity contribution in [1.82, 2.24) is 0 Å². The van der Waals surface area contributed by atoms with Crippen molar-refractivity contribution >= 4 is 11.5 Å². The Labute approximate surface area is 102 Å². The van der Waals surface area contributed by atoms with E-state index in [1.165, 1.54) is 0 Å². The summed E-state index contributed by atoms with van der Waals surface area (Å²) < 4.78 is 0. The summed E-state index contributed by atoms with van der Waals surface area (Å²) in [5.74, 6) is 0.609. The number of Topliss-reactive ketones (excluding diaryl/α,β-unsaturated/α-hetero) is 1. The van der Waals surface area contributed by atoms with Crippen molar-refractivity contribution in [3.05, 3.63) is 29.8 Å². The largest absolute Gasteiger partial charge is 0.394 e. The number of carbonyl (C=O) groups excluding carboxylic acids is 1. The summed E-state index contributed by atoms with van der Waals surface area (Å²) in [4.78, 5) is 13.4. The van der Waals surface area contributed by atoms with Gasteiger partial charge in [0.05, 0.1) is 12.6 Å². The highest BCUT2D eigenvalue weighted by Gasteiger charge is 2.30. The minimum absolute atomic E-state index is 0.0880. The van der Waals surface area contributed by atoms with Crippen LogP contribution in [0.1, 0.15) is 30.6 Å². The molecule has 1 aliphatic rings. The monoisotopic (exact) mass is 233 g/mol. The van der Waals surface area contributed by atoms with E-state index in [1.54, 1.807) is 6.92 Å². The molecule has 2 unspecified atom stereocenters. The van der Waals surface area contributed by atoms with Gasteiger partial charge in [0.1, 0.15) is 0 Å². The number of aliphatic hydroxyl groups is 1. The molecule has 3 heteroatoms. The molecule has 0 spiro atoms. The summed E-state index contributed by atoms with van der Waals surface area (Å²) in [7, 11) is 0. The maximum Gasteiger partial charge on any atom is 0.159 e. The Balaban J connectivity index is 2.20. The lowest BCUT2D eigenvalue weighted by molar-refractivity contribution is 0.101. The summed E-state index contributed by atoms with van der Waals surface area (Å²) in [6.07, 6.45) is 1.11. The van der Waals surface area contributed by atoms with Gasteiger partial charge in [0, 0.05) is 17.8 Å². The van der Waals surface area contributed by atoms with E-state index in [0.717, 1.165) is 24.2 Å². The van der Waals surface area contributed by atoms with Gasteiger partial charge in [-0.25, -0.2) is 0 Å². The molecule has 1 aromatic carbocycles. The van der Waals surface area contributed by atoms with Crippen molar-refractivity contribution in [2.75, 3.05) is 18.1 Å². The molecule has 0 bridgehead atoms. The van der Waals surface area contributed by atoms with E-state index < -0.39 is 0 Å². The highest BCUT2D eigenvalue weighted by atomic mass is 16.3. The number of aliphatic hydroxyl groups excluding tert-OH is 1. The molecule has 1 N–H and O–H groups in total. The predicted molar refractivity (Wildman–Crippen MR) is 68.4 cm³/mol. The molecular weight excluding hydrogens is 214 g/mol. The van der Waals surface area contributed by atoms with Crippen LogP contribution in [-0.4, -0.2) is 30.1 Å². The fourth-order valence-corrected chi connectivity index (χ4v) is 2.49. The second-order valence-corrected chi connectivity index (χ2v) is 4.81. The smallest absolute Gasteiger partial charge is 0.159 e. The van der Waals surface area contributed by atoms with Gasteiger partial charge in [-0.3, -0.25) is 4.79 Å². The van der Waals surface area contributed by atoms with Crippen molar-refractivity contribution in [2.45, 2.75) is 26.3 Å². The molecule has 2 rings (SSSR count). The number of rotatable bonds is 3. The third-order valence-corrected chi connectivity index (χ3v) is 3.68. The first-order chi connectivity index (χ1) is 8.13. The Morgan fingerprint density at radius 1 is 1.41 bits per heavy atom. The second kappa shape index (κ2) is 4.88. The topological polar surface area (TPSA) is 40.5 Å². The van der Waals surface area contributed by atoms with Crippen LogP contribution >= 0.6 is 0 Å². The fourth-order valence-electron chi connectivity index (χ4n) is 2.49. The lowest BCUT2D eigenvalue weighted by Crippen LogP contribution is -2.35. The van der Waals surface area contributed by atoms with Gasteiger partial charge in [0.25, 0.3) is 0 Å². The van der Waals surface area contributed by atoms with Crippen molar-refractivity contribution in [1.29, 1.82) is 0 Å². The minimum Gasteiger partial charge on any atom is -0.394 e. The zero-order valence-corrected chi connectivity index (χ0v) is 10.4. The van der Waals surface area contributed by atoms with Gasteiger partial charge in [0.2, 0.25) is 0 Å². The van der Waals surface area contributed by atoms with Gasteiger partial charge in [-0.1, -0.05) is 6.92 Å². The zero-order chi connectivity index (χ0) is 12.4. The van der Waals surface area contributed by atoms with Crippen LogP contribution in [0.4, 0.5) is 5.69 Å². The molecule has 1 aromatic rings. The van der Waals surface area contributed by atoms with Crippen molar-refractivity contribution in [2.24, 2.45) is 5.92 Å². The molecule has 17 heavy (non-hydrogen) atoms. The molecule has 0 aliphatic carbocycles. The number of carbonyl (C=O) groups is 1. The molecule has 0 amide bonds. The molecule has 2 atom stereocenters. The number of ketones is 1. The first-order valence-electron chi connectivity index (χ1n) is 6.12. The molecule has 3 nitrogen and oxygen atoms in total. The molecule has 0 aromatic heterocycles. The van der Waals surface area contributed by atoms with E-state index in [-0.39, 0.29) is 18.4 Å². The third-order valence-electron chi connectivity index (χ3n) is 3.68. The summed E-state index contributed by atoms with van der Waals surface area (Å²) in [5.41, 5.74) is 1.83. The van der Waals surface area contributed by atoms with Crippen molar-refractivity contribution < 1.29 is 9.90 Å². The van der Waals surface area contributed by atoms with Gasteiger partial charge in [-0.2, -0.15) is 0 Å². The van der Waals surface area contributed by atoms with E-state index >= 15 is 0 Å². The molecule has 1 fully saturated rings. The van der Waals surface area contributed by atoms with Crippen LogP contribution in [0.2, 0.25) is 0 Å². The quantitative estimate of drug-likeness (QED) is 0.813. The van der Waals surface area contributed by atoms with Gasteiger partial charge >= 0.3 is 0 Å². The lowest BCUT2D eigenvalue weighted by Gasteiger charge is -2.27. The molecule has 1 heterocycles. The Hall–Kier alpha value is -1.35. The second-order valence-electron chi connectivity index (χ2n) is 4.81. The summed E-state index contributed by atoms with van der Waals surface area (Å²) in [6, 6.07) is 7.86. The highest BCUT2D eigenvalue weighted by Crippen LogP contribution is 2.29. The van der Waals surface area contributed by atoms with Crippen LogP contribution in [-0.2, 0) is 0 Å². The normalized spacial score (nSPS) is 24.1. The van der Waals surface area contributed by atoms with Crippen LogP contribution in [0.3, 0.4) is 0 Å². The van der Waals surface area contributed by atoms with E-state index in [9.17, 15) is 9.90 Å². The Bertz CT molecular complexity index is 399. The van der Waals surface area contributed by atoms with E-state index in [0.29, 0.717) is 5.92 Å². The number of hydrogen-bond acceptors (Lipinski definition) is 3. The third kappa shape index (κ3) is 2.34. The van der Waals surface area contributed by atoms with Crippen LogP contribution in [0.25, 0.3) is 0 Å². The number of nitrogens with zero attached hydrogens (tertiary/aromatic N) is 1. The van der Waals surface area contributed by atoms with E-state index in [2.05, 4.69) is 11.8 Å². The standard InChI is InChI=1S/C14H19NO2/c1-10-7-8-15(14(10)9-16)13-5-3-12(4-6-13)11(2)17/h3-6,10,14,16H,7-9H2,1-2H3. The number of benzene rings is 1. The average Bonchev–Trinajstić information content (AvgIpc) is 2.70. The first kappa shape index (κ1) is 12.1. The highest BCUT2D eigenvalue weighted by molar-refractivity contribution is 5.94.